The maximum absolute atomic E-state index is 12.5. The molecule has 2 N–H and O–H groups in total. The number of carbonyl (C=O) groups is 2. The van der Waals surface area contributed by atoms with Crippen molar-refractivity contribution in [3.05, 3.63) is 54.6 Å². The van der Waals surface area contributed by atoms with Crippen molar-refractivity contribution in [1.29, 1.82) is 0 Å². The zero-order valence-electron chi connectivity index (χ0n) is 19.6. The molecule has 0 spiro atoms. The Hall–Kier alpha value is -3.27. The van der Waals surface area contributed by atoms with Gasteiger partial charge < -0.3 is 19.9 Å². The van der Waals surface area contributed by atoms with Crippen molar-refractivity contribution in [2.45, 2.75) is 26.4 Å². The molecule has 1 saturated heterocycles. The molecular weight excluding hydrogens is 456 g/mol. The van der Waals surface area contributed by atoms with E-state index in [1.54, 1.807) is 29.2 Å². The molecular formula is C24H32N4O5S. The van der Waals surface area contributed by atoms with Gasteiger partial charge >= 0.3 is 0 Å². The van der Waals surface area contributed by atoms with Gasteiger partial charge in [-0.1, -0.05) is 18.2 Å². The van der Waals surface area contributed by atoms with E-state index in [1.807, 2.05) is 44.2 Å². The number of amides is 2. The van der Waals surface area contributed by atoms with E-state index < -0.39 is 21.7 Å². The smallest absolute Gasteiger partial charge is 0.241 e. The van der Waals surface area contributed by atoms with Gasteiger partial charge in [0.15, 0.2) is 0 Å². The van der Waals surface area contributed by atoms with Crippen LogP contribution in [-0.4, -0.2) is 69.7 Å². The Morgan fingerprint density at radius 3 is 2.24 bits per heavy atom. The van der Waals surface area contributed by atoms with Crippen LogP contribution in [0.5, 0.6) is 5.75 Å². The molecule has 0 radical (unpaired) electrons. The quantitative estimate of drug-likeness (QED) is 0.530. The number of hydrogen-bond acceptors (Lipinski definition) is 6. The molecule has 2 aromatic rings. The minimum atomic E-state index is -3.88. The third kappa shape index (κ3) is 7.95. The summed E-state index contributed by atoms with van der Waals surface area (Å²) in [5.41, 5.74) is 1.48. The number of nitrogens with one attached hydrogen (secondary N) is 2. The third-order valence-electron chi connectivity index (χ3n) is 5.24. The van der Waals surface area contributed by atoms with Gasteiger partial charge in [-0.2, -0.15) is 0 Å². The third-order valence-corrected chi connectivity index (χ3v) is 6.42. The van der Waals surface area contributed by atoms with Crippen LogP contribution in [-0.2, 0) is 19.6 Å². The van der Waals surface area contributed by atoms with Crippen LogP contribution in [0.3, 0.4) is 0 Å². The zero-order chi connectivity index (χ0) is 24.6. The highest BCUT2D eigenvalue weighted by Gasteiger charge is 2.22. The first-order valence-corrected chi connectivity index (χ1v) is 13.0. The Bertz CT molecular complexity index is 1050. The summed E-state index contributed by atoms with van der Waals surface area (Å²) >= 11 is 0. The Labute approximate surface area is 201 Å². The number of benzene rings is 2. The second kappa shape index (κ2) is 11.7. The normalized spacial score (nSPS) is 14.1. The molecule has 10 heteroatoms. The largest absolute Gasteiger partial charge is 0.491 e. The summed E-state index contributed by atoms with van der Waals surface area (Å²) in [5, 5.41) is 2.52. The number of carbonyl (C=O) groups excluding carboxylic acids is 2. The standard InChI is InChI=1S/C24H32N4O5S/c1-19(2)33-22-10-8-20(9-11-22)26-34(31,32)18-23(29)25-13-12-24(30)28-16-14-27(15-17-28)21-6-4-3-5-7-21/h3-11,19,26H,12-18H2,1-2H3,(H,25,29). The molecule has 0 bridgehead atoms. The average Bonchev–Trinajstić information content (AvgIpc) is 2.80. The van der Waals surface area contributed by atoms with E-state index in [2.05, 4.69) is 14.9 Å². The fourth-order valence-electron chi connectivity index (χ4n) is 3.63. The summed E-state index contributed by atoms with van der Waals surface area (Å²) in [4.78, 5) is 28.6. The monoisotopic (exact) mass is 488 g/mol. The highest BCUT2D eigenvalue weighted by Crippen LogP contribution is 2.18. The van der Waals surface area contributed by atoms with Crippen LogP contribution in [0, 0.1) is 0 Å². The molecule has 3 rings (SSSR count). The molecule has 2 amide bonds. The van der Waals surface area contributed by atoms with E-state index in [-0.39, 0.29) is 25.0 Å². The zero-order valence-corrected chi connectivity index (χ0v) is 20.4. The van der Waals surface area contributed by atoms with Crippen molar-refractivity contribution >= 4 is 33.2 Å². The molecule has 34 heavy (non-hydrogen) atoms. The van der Waals surface area contributed by atoms with E-state index in [1.165, 1.54) is 0 Å². The highest BCUT2D eigenvalue weighted by atomic mass is 32.2. The maximum atomic E-state index is 12.5. The Kier molecular flexibility index (Phi) is 8.75. The van der Waals surface area contributed by atoms with E-state index in [9.17, 15) is 18.0 Å². The van der Waals surface area contributed by atoms with Gasteiger partial charge in [-0.05, 0) is 50.2 Å². The van der Waals surface area contributed by atoms with Crippen LogP contribution in [0.25, 0.3) is 0 Å². The summed E-state index contributed by atoms with van der Waals surface area (Å²) in [5.74, 6) is -0.810. The summed E-state index contributed by atoms with van der Waals surface area (Å²) in [6.45, 7) is 6.60. The fraction of sp³-hybridized carbons (Fsp3) is 0.417. The number of ether oxygens (including phenoxy) is 1. The Morgan fingerprint density at radius 2 is 1.62 bits per heavy atom. The molecule has 0 saturated carbocycles. The van der Waals surface area contributed by atoms with Crippen molar-refractivity contribution in [3.63, 3.8) is 0 Å². The molecule has 184 valence electrons. The number of rotatable bonds is 10. The van der Waals surface area contributed by atoms with Gasteiger partial charge in [0.25, 0.3) is 0 Å². The predicted octanol–water partition coefficient (Wildman–Crippen LogP) is 2.07. The average molecular weight is 489 g/mol. The molecule has 0 atom stereocenters. The molecule has 1 aliphatic heterocycles. The van der Waals surface area contributed by atoms with Gasteiger partial charge in [0.1, 0.15) is 11.5 Å². The molecule has 0 aromatic heterocycles. The van der Waals surface area contributed by atoms with Crippen LogP contribution < -0.4 is 19.7 Å². The van der Waals surface area contributed by atoms with Crippen LogP contribution >= 0.6 is 0 Å². The van der Waals surface area contributed by atoms with Crippen molar-refractivity contribution in [1.82, 2.24) is 10.2 Å². The lowest BCUT2D eigenvalue weighted by molar-refractivity contribution is -0.131. The van der Waals surface area contributed by atoms with Gasteiger partial charge in [0, 0.05) is 50.5 Å². The van der Waals surface area contributed by atoms with Gasteiger partial charge in [0.2, 0.25) is 21.8 Å². The number of piperazine rings is 1. The lowest BCUT2D eigenvalue weighted by atomic mass is 10.2. The minimum absolute atomic E-state index is 0.0111. The first kappa shape index (κ1) is 25.4. The summed E-state index contributed by atoms with van der Waals surface area (Å²) in [7, 11) is -3.88. The number of para-hydroxylation sites is 1. The molecule has 9 nitrogen and oxygen atoms in total. The van der Waals surface area contributed by atoms with Crippen molar-refractivity contribution < 1.29 is 22.7 Å². The van der Waals surface area contributed by atoms with Crippen LogP contribution in [0.2, 0.25) is 0 Å². The first-order valence-electron chi connectivity index (χ1n) is 11.3. The molecule has 0 unspecified atom stereocenters. The second-order valence-corrected chi connectivity index (χ2v) is 10.1. The van der Waals surface area contributed by atoms with Crippen molar-refractivity contribution in [3.8, 4) is 5.75 Å². The number of hydrogen-bond donors (Lipinski definition) is 2. The maximum Gasteiger partial charge on any atom is 0.241 e. The van der Waals surface area contributed by atoms with Gasteiger partial charge in [0.05, 0.1) is 6.10 Å². The van der Waals surface area contributed by atoms with E-state index >= 15 is 0 Å². The van der Waals surface area contributed by atoms with Crippen molar-refractivity contribution in [2.24, 2.45) is 0 Å². The number of anilines is 2. The fourth-order valence-corrected chi connectivity index (χ4v) is 4.65. The molecule has 1 heterocycles. The van der Waals surface area contributed by atoms with Crippen LogP contribution in [0.4, 0.5) is 11.4 Å². The number of nitrogens with zero attached hydrogens (tertiary/aromatic N) is 2. The SMILES string of the molecule is CC(C)Oc1ccc(NS(=O)(=O)CC(=O)NCCC(=O)N2CCN(c3ccccc3)CC2)cc1. The Morgan fingerprint density at radius 1 is 0.971 bits per heavy atom. The van der Waals surface area contributed by atoms with Crippen molar-refractivity contribution in [2.75, 3.05) is 48.1 Å². The number of sulfonamides is 1. The second-order valence-electron chi connectivity index (χ2n) is 8.36. The Balaban J connectivity index is 1.37. The lowest BCUT2D eigenvalue weighted by Crippen LogP contribution is -2.49. The van der Waals surface area contributed by atoms with E-state index in [0.29, 0.717) is 24.5 Å². The van der Waals surface area contributed by atoms with Crippen LogP contribution in [0.15, 0.2) is 54.6 Å². The molecule has 1 fully saturated rings. The topological polar surface area (TPSA) is 108 Å². The molecule has 0 aliphatic carbocycles. The summed E-state index contributed by atoms with van der Waals surface area (Å²) in [6, 6.07) is 16.5. The van der Waals surface area contributed by atoms with Crippen LogP contribution in [0.1, 0.15) is 20.3 Å². The molecule has 1 aliphatic rings. The van der Waals surface area contributed by atoms with Gasteiger partial charge in [-0.25, -0.2) is 8.42 Å². The first-order chi connectivity index (χ1) is 16.2. The molecule has 2 aromatic carbocycles. The minimum Gasteiger partial charge on any atom is -0.491 e. The lowest BCUT2D eigenvalue weighted by Gasteiger charge is -2.36. The van der Waals surface area contributed by atoms with Gasteiger partial charge in [-0.15, -0.1) is 0 Å². The predicted molar refractivity (Wildman–Crippen MR) is 132 cm³/mol. The summed E-state index contributed by atoms with van der Waals surface area (Å²) < 4.78 is 32.5. The van der Waals surface area contributed by atoms with E-state index in [0.717, 1.165) is 18.8 Å². The summed E-state index contributed by atoms with van der Waals surface area (Å²) in [6.07, 6.45) is 0.138. The van der Waals surface area contributed by atoms with E-state index in [4.69, 9.17) is 4.74 Å². The van der Waals surface area contributed by atoms with Gasteiger partial charge in [-0.3, -0.25) is 14.3 Å². The highest BCUT2D eigenvalue weighted by molar-refractivity contribution is 7.93.